The molecular formula is C10H18O2. The quantitative estimate of drug-likeness (QED) is 0.561. The number of aliphatic hydroxyl groups is 1. The number of aliphatic hydroxyl groups excluding tert-OH is 1. The topological polar surface area (TPSA) is 32.8 Å². The average molecular weight is 170 g/mol. The molecule has 2 rings (SSSR count). The summed E-state index contributed by atoms with van der Waals surface area (Å²) in [6, 6.07) is 0. The second-order valence-corrected chi connectivity index (χ2v) is 5.17. The Morgan fingerprint density at radius 2 is 2.08 bits per heavy atom. The van der Waals surface area contributed by atoms with E-state index < -0.39 is 0 Å². The van der Waals surface area contributed by atoms with Crippen LogP contribution in [-0.2, 0) is 4.74 Å². The minimum absolute atomic E-state index is 0.103. The van der Waals surface area contributed by atoms with Crippen LogP contribution in [0.1, 0.15) is 40.0 Å². The number of epoxide rings is 1. The molecule has 1 N–H and O–H groups in total. The predicted molar refractivity (Wildman–Crippen MR) is 46.9 cm³/mol. The minimum atomic E-state index is -0.118. The van der Waals surface area contributed by atoms with Gasteiger partial charge in [-0.1, -0.05) is 20.8 Å². The van der Waals surface area contributed by atoms with Gasteiger partial charge in [-0.3, -0.25) is 0 Å². The first-order valence-electron chi connectivity index (χ1n) is 4.81. The van der Waals surface area contributed by atoms with Gasteiger partial charge in [-0.15, -0.1) is 0 Å². The maximum atomic E-state index is 9.41. The molecule has 1 heterocycles. The Labute approximate surface area is 73.9 Å². The Hall–Kier alpha value is -0.0800. The maximum Gasteiger partial charge on any atom is 0.0998 e. The second kappa shape index (κ2) is 2.24. The zero-order valence-electron chi connectivity index (χ0n) is 8.13. The molecule has 2 fully saturated rings. The van der Waals surface area contributed by atoms with Crippen molar-refractivity contribution in [2.45, 2.75) is 57.8 Å². The first-order chi connectivity index (χ1) is 5.46. The first kappa shape index (κ1) is 8.52. The molecule has 2 nitrogen and oxygen atoms in total. The van der Waals surface area contributed by atoms with E-state index in [4.69, 9.17) is 4.74 Å². The van der Waals surface area contributed by atoms with Crippen molar-refractivity contribution in [1.82, 2.24) is 0 Å². The summed E-state index contributed by atoms with van der Waals surface area (Å²) >= 11 is 0. The van der Waals surface area contributed by atoms with Crippen molar-refractivity contribution in [2.75, 3.05) is 0 Å². The van der Waals surface area contributed by atoms with Crippen molar-refractivity contribution < 1.29 is 9.84 Å². The summed E-state index contributed by atoms with van der Waals surface area (Å²) in [5.41, 5.74) is 0.337. The van der Waals surface area contributed by atoms with Gasteiger partial charge in [0, 0.05) is 6.42 Å². The summed E-state index contributed by atoms with van der Waals surface area (Å²) in [6.07, 6.45) is 3.00. The third kappa shape index (κ3) is 1.01. The Bertz CT molecular complexity index is 195. The van der Waals surface area contributed by atoms with E-state index >= 15 is 0 Å². The molecule has 2 aliphatic rings. The molecule has 3 atom stereocenters. The molecule has 3 unspecified atom stereocenters. The maximum absolute atomic E-state index is 9.41. The van der Waals surface area contributed by atoms with E-state index in [0.717, 1.165) is 19.3 Å². The van der Waals surface area contributed by atoms with Crippen LogP contribution in [0.25, 0.3) is 0 Å². The van der Waals surface area contributed by atoms with Gasteiger partial charge in [0.25, 0.3) is 0 Å². The van der Waals surface area contributed by atoms with Crippen molar-refractivity contribution in [3.05, 3.63) is 0 Å². The molecule has 1 saturated carbocycles. The molecule has 0 aromatic heterocycles. The molecular weight excluding hydrogens is 152 g/mol. The van der Waals surface area contributed by atoms with Gasteiger partial charge in [0.15, 0.2) is 0 Å². The number of hydrogen-bond donors (Lipinski definition) is 1. The molecule has 0 radical (unpaired) electrons. The van der Waals surface area contributed by atoms with Crippen molar-refractivity contribution in [1.29, 1.82) is 0 Å². The predicted octanol–water partition coefficient (Wildman–Crippen LogP) is 1.71. The molecule has 1 aliphatic heterocycles. The van der Waals surface area contributed by atoms with E-state index in [1.165, 1.54) is 0 Å². The smallest absolute Gasteiger partial charge is 0.0998 e. The van der Waals surface area contributed by atoms with Crippen LogP contribution in [0.3, 0.4) is 0 Å². The van der Waals surface area contributed by atoms with Gasteiger partial charge in [-0.25, -0.2) is 0 Å². The third-order valence-electron chi connectivity index (χ3n) is 3.42. The first-order valence-corrected chi connectivity index (χ1v) is 4.81. The lowest BCUT2D eigenvalue weighted by Crippen LogP contribution is -2.37. The summed E-state index contributed by atoms with van der Waals surface area (Å²) in [6.45, 7) is 6.68. The van der Waals surface area contributed by atoms with E-state index in [1.807, 2.05) is 0 Å². The normalized spacial score (nSPS) is 47.0. The van der Waals surface area contributed by atoms with Crippen molar-refractivity contribution >= 4 is 0 Å². The molecule has 12 heavy (non-hydrogen) atoms. The van der Waals surface area contributed by atoms with E-state index in [9.17, 15) is 5.11 Å². The molecule has 1 saturated heterocycles. The zero-order chi connectivity index (χ0) is 8.98. The van der Waals surface area contributed by atoms with Gasteiger partial charge in [-0.2, -0.15) is 0 Å². The Kier molecular flexibility index (Phi) is 1.59. The van der Waals surface area contributed by atoms with Gasteiger partial charge in [0.1, 0.15) is 0 Å². The van der Waals surface area contributed by atoms with Crippen molar-refractivity contribution in [3.63, 3.8) is 0 Å². The van der Waals surface area contributed by atoms with Crippen LogP contribution >= 0.6 is 0 Å². The molecule has 1 aliphatic carbocycles. The second-order valence-electron chi connectivity index (χ2n) is 5.17. The number of hydrogen-bond acceptors (Lipinski definition) is 2. The standard InChI is InChI=1S/C10H18O2/c1-9(2,3)10-5-4-7(11)6-8(10)12-10/h7-8,11H,4-6H2,1-3H3. The highest BCUT2D eigenvalue weighted by Gasteiger charge is 2.64. The Balaban J connectivity index is 2.10. The lowest BCUT2D eigenvalue weighted by atomic mass is 9.71. The number of ether oxygens (including phenoxy) is 1. The zero-order valence-corrected chi connectivity index (χ0v) is 8.13. The van der Waals surface area contributed by atoms with E-state index in [-0.39, 0.29) is 17.1 Å². The molecule has 0 spiro atoms. The van der Waals surface area contributed by atoms with Crippen LogP contribution in [0, 0.1) is 5.41 Å². The summed E-state index contributed by atoms with van der Waals surface area (Å²) in [5, 5.41) is 9.41. The summed E-state index contributed by atoms with van der Waals surface area (Å²) in [7, 11) is 0. The van der Waals surface area contributed by atoms with Crippen LogP contribution in [0.2, 0.25) is 0 Å². The highest BCUT2D eigenvalue weighted by Crippen LogP contribution is 2.57. The highest BCUT2D eigenvalue weighted by atomic mass is 16.6. The lowest BCUT2D eigenvalue weighted by Gasteiger charge is -2.32. The van der Waals surface area contributed by atoms with Crippen LogP contribution in [0.15, 0.2) is 0 Å². The highest BCUT2D eigenvalue weighted by molar-refractivity contribution is 5.12. The van der Waals surface area contributed by atoms with Crippen molar-refractivity contribution in [2.24, 2.45) is 5.41 Å². The van der Waals surface area contributed by atoms with E-state index in [1.54, 1.807) is 0 Å². The van der Waals surface area contributed by atoms with Crippen LogP contribution < -0.4 is 0 Å². The van der Waals surface area contributed by atoms with Crippen LogP contribution in [-0.4, -0.2) is 22.9 Å². The Morgan fingerprint density at radius 3 is 2.58 bits per heavy atom. The van der Waals surface area contributed by atoms with E-state index in [2.05, 4.69) is 20.8 Å². The van der Waals surface area contributed by atoms with E-state index in [0.29, 0.717) is 6.10 Å². The lowest BCUT2D eigenvalue weighted by molar-refractivity contribution is 0.0965. The SMILES string of the molecule is CC(C)(C)C12CCC(O)CC1O2. The van der Waals surface area contributed by atoms with Gasteiger partial charge in [0.2, 0.25) is 0 Å². The molecule has 0 bridgehead atoms. The molecule has 0 aromatic carbocycles. The van der Waals surface area contributed by atoms with Crippen molar-refractivity contribution in [3.8, 4) is 0 Å². The fraction of sp³-hybridized carbons (Fsp3) is 1.00. The van der Waals surface area contributed by atoms with Gasteiger partial charge < -0.3 is 9.84 Å². The summed E-state index contributed by atoms with van der Waals surface area (Å²) in [4.78, 5) is 0. The molecule has 2 heteroatoms. The minimum Gasteiger partial charge on any atom is -0.393 e. The van der Waals surface area contributed by atoms with Gasteiger partial charge in [0.05, 0.1) is 17.8 Å². The largest absolute Gasteiger partial charge is 0.393 e. The molecule has 0 aromatic rings. The molecule has 0 amide bonds. The average Bonchev–Trinajstić information content (AvgIpc) is 2.60. The van der Waals surface area contributed by atoms with Gasteiger partial charge in [-0.05, 0) is 18.3 Å². The van der Waals surface area contributed by atoms with Gasteiger partial charge >= 0.3 is 0 Å². The summed E-state index contributed by atoms with van der Waals surface area (Å²) in [5.74, 6) is 0. The fourth-order valence-corrected chi connectivity index (χ4v) is 2.46. The van der Waals surface area contributed by atoms with Crippen LogP contribution in [0.5, 0.6) is 0 Å². The Morgan fingerprint density at radius 1 is 1.42 bits per heavy atom. The monoisotopic (exact) mass is 170 g/mol. The fourth-order valence-electron chi connectivity index (χ4n) is 2.46. The number of rotatable bonds is 0. The summed E-state index contributed by atoms with van der Waals surface area (Å²) < 4.78 is 5.74. The van der Waals surface area contributed by atoms with Crippen LogP contribution in [0.4, 0.5) is 0 Å². The molecule has 70 valence electrons. The number of fused-ring (bicyclic) bond motifs is 1. The third-order valence-corrected chi connectivity index (χ3v) is 3.42.